The number of rotatable bonds is 20. The smallest absolute Gasteiger partial charge is 0.196 e. The van der Waals surface area contributed by atoms with Gasteiger partial charge in [0, 0.05) is 89.7 Å². The minimum atomic E-state index is -0.338. The SMILES string of the molecule is O=C1c2ccccc2C(=O)c2c(NCCN3CCOC3c3ccco3)c(NCCN3CCOC3c3ccco3)c(NCCN3CCOC3c3ccco3)c(NCCN3CCOC3c3ccco3)c21. The summed E-state index contributed by atoms with van der Waals surface area (Å²) in [5.74, 6) is 2.47. The molecule has 356 valence electrons. The van der Waals surface area contributed by atoms with Gasteiger partial charge in [0.1, 0.15) is 23.0 Å². The van der Waals surface area contributed by atoms with Gasteiger partial charge in [0.25, 0.3) is 0 Å². The number of carbonyl (C=O) groups excluding carboxylic acids is 2. The van der Waals surface area contributed by atoms with Crippen LogP contribution in [0.15, 0.2) is 116 Å². The molecular weight excluding hydrogens is 873 g/mol. The molecular formula is C50H56N8O10. The molecule has 18 nitrogen and oxygen atoms in total. The van der Waals surface area contributed by atoms with Crippen molar-refractivity contribution in [2.45, 2.75) is 24.9 Å². The number of ketones is 2. The van der Waals surface area contributed by atoms with E-state index in [1.165, 1.54) is 0 Å². The van der Waals surface area contributed by atoms with Crippen LogP contribution >= 0.6 is 0 Å². The van der Waals surface area contributed by atoms with Gasteiger partial charge < -0.3 is 57.9 Å². The Morgan fingerprint density at radius 1 is 0.397 bits per heavy atom. The minimum absolute atomic E-state index is 0.236. The van der Waals surface area contributed by atoms with E-state index < -0.39 is 0 Å². The van der Waals surface area contributed by atoms with Crippen molar-refractivity contribution in [2.24, 2.45) is 0 Å². The van der Waals surface area contributed by atoms with Crippen LogP contribution in [-0.2, 0) is 18.9 Å². The van der Waals surface area contributed by atoms with E-state index in [0.717, 1.165) is 23.0 Å². The fourth-order valence-corrected chi connectivity index (χ4v) is 10.1. The monoisotopic (exact) mass is 928 g/mol. The molecule has 2 aromatic carbocycles. The predicted molar refractivity (Wildman–Crippen MR) is 250 cm³/mol. The summed E-state index contributed by atoms with van der Waals surface area (Å²) < 4.78 is 47.5. The molecule has 4 saturated heterocycles. The third kappa shape index (κ3) is 8.85. The summed E-state index contributed by atoms with van der Waals surface area (Å²) in [6, 6.07) is 22.2. The standard InChI is InChI=1S/C50H56N8O10/c59-45-33-7-1-2-8-34(33)46(60)40-39(45)41(51-13-17-55-21-29-65-47(55)35-9-3-25-61-35)43(53-15-19-57-23-31-67-49(57)37-11-5-27-63-37)44(54-16-20-58-24-32-68-50(58)38-12-6-28-64-38)42(40)52-14-18-56-22-30-66-48(56)36-10-4-26-62-36/h1-12,25-28,47-54H,13-24,29-32H2. The largest absolute Gasteiger partial charge is 0.465 e. The number of furan rings is 4. The van der Waals surface area contributed by atoms with E-state index >= 15 is 9.59 Å². The van der Waals surface area contributed by atoms with E-state index in [-0.39, 0.29) is 36.5 Å². The number of benzene rings is 2. The Bertz CT molecular complexity index is 2440. The van der Waals surface area contributed by atoms with Crippen molar-refractivity contribution in [1.82, 2.24) is 19.6 Å². The van der Waals surface area contributed by atoms with Crippen molar-refractivity contribution in [3.05, 3.63) is 143 Å². The molecule has 4 aliphatic heterocycles. The average molecular weight is 929 g/mol. The number of hydrogen-bond donors (Lipinski definition) is 4. The van der Waals surface area contributed by atoms with Crippen LogP contribution in [0.1, 0.15) is 79.8 Å². The fraction of sp³-hybridized carbons (Fsp3) is 0.400. The van der Waals surface area contributed by atoms with Gasteiger partial charge in [-0.25, -0.2) is 0 Å². The number of anilines is 4. The van der Waals surface area contributed by atoms with Crippen molar-refractivity contribution in [3.8, 4) is 0 Å². The second kappa shape index (κ2) is 20.2. The molecule has 5 aliphatic rings. The van der Waals surface area contributed by atoms with Crippen LogP contribution in [0.2, 0.25) is 0 Å². The van der Waals surface area contributed by atoms with Crippen molar-refractivity contribution < 1.29 is 46.2 Å². The van der Waals surface area contributed by atoms with Gasteiger partial charge >= 0.3 is 0 Å². The van der Waals surface area contributed by atoms with Gasteiger partial charge in [-0.2, -0.15) is 0 Å². The van der Waals surface area contributed by atoms with E-state index in [2.05, 4.69) is 40.9 Å². The van der Waals surface area contributed by atoms with Gasteiger partial charge in [0.2, 0.25) is 0 Å². The second-order valence-corrected chi connectivity index (χ2v) is 17.3. The Labute approximate surface area is 393 Å². The first kappa shape index (κ1) is 44.3. The molecule has 0 saturated carbocycles. The van der Waals surface area contributed by atoms with E-state index in [1.807, 2.05) is 48.5 Å². The Morgan fingerprint density at radius 2 is 0.691 bits per heavy atom. The second-order valence-electron chi connectivity index (χ2n) is 17.3. The van der Waals surface area contributed by atoms with E-state index in [1.54, 1.807) is 49.3 Å². The molecule has 1 aliphatic carbocycles. The molecule has 18 heteroatoms. The first-order valence-corrected chi connectivity index (χ1v) is 23.5. The summed E-state index contributed by atoms with van der Waals surface area (Å²) in [6.07, 6.45) is 5.29. The van der Waals surface area contributed by atoms with Gasteiger partial charge in [0.15, 0.2) is 36.5 Å². The molecule has 6 aromatic rings. The highest BCUT2D eigenvalue weighted by Crippen LogP contribution is 2.48. The van der Waals surface area contributed by atoms with Gasteiger partial charge in [-0.05, 0) is 48.5 Å². The summed E-state index contributed by atoms with van der Waals surface area (Å²) in [5, 5.41) is 15.0. The number of carbonyl (C=O) groups is 2. The zero-order chi connectivity index (χ0) is 45.8. The third-order valence-electron chi connectivity index (χ3n) is 13.3. The molecule has 0 radical (unpaired) electrons. The van der Waals surface area contributed by atoms with Crippen molar-refractivity contribution in [3.63, 3.8) is 0 Å². The molecule has 68 heavy (non-hydrogen) atoms. The highest BCUT2D eigenvalue weighted by molar-refractivity contribution is 6.34. The quantitative estimate of drug-likeness (QED) is 0.0640. The maximum absolute atomic E-state index is 15.2. The lowest BCUT2D eigenvalue weighted by Crippen LogP contribution is -2.33. The lowest BCUT2D eigenvalue weighted by atomic mass is 9.81. The number of fused-ring (bicyclic) bond motifs is 2. The molecule has 4 unspecified atom stereocenters. The molecule has 11 rings (SSSR count). The van der Waals surface area contributed by atoms with Crippen LogP contribution in [0.25, 0.3) is 0 Å². The average Bonchev–Trinajstić information content (AvgIpc) is 4.19. The van der Waals surface area contributed by atoms with Gasteiger partial charge in [0.05, 0.1) is 85.4 Å². The topological polar surface area (TPSA) is 185 Å². The third-order valence-corrected chi connectivity index (χ3v) is 13.3. The molecule has 0 spiro atoms. The number of nitrogens with one attached hydrogen (secondary N) is 4. The van der Waals surface area contributed by atoms with Crippen molar-refractivity contribution in [2.75, 3.05) is 126 Å². The van der Waals surface area contributed by atoms with Gasteiger partial charge in [-0.3, -0.25) is 29.2 Å². The first-order valence-electron chi connectivity index (χ1n) is 23.5. The Hall–Kier alpha value is -6.22. The van der Waals surface area contributed by atoms with Gasteiger partial charge in [-0.1, -0.05) is 24.3 Å². The van der Waals surface area contributed by atoms with Crippen molar-refractivity contribution in [1.29, 1.82) is 0 Å². The molecule has 0 bridgehead atoms. The predicted octanol–water partition coefficient (Wildman–Crippen LogP) is 6.61. The minimum Gasteiger partial charge on any atom is -0.465 e. The summed E-state index contributed by atoms with van der Waals surface area (Å²) in [6.45, 7) is 9.18. The Morgan fingerprint density at radius 3 is 0.971 bits per heavy atom. The fourth-order valence-electron chi connectivity index (χ4n) is 10.1. The molecule has 0 amide bonds. The zero-order valence-electron chi connectivity index (χ0n) is 37.7. The normalized spacial score (nSPS) is 22.3. The highest BCUT2D eigenvalue weighted by Gasteiger charge is 2.39. The van der Waals surface area contributed by atoms with Crippen LogP contribution < -0.4 is 21.3 Å². The molecule has 4 fully saturated rings. The van der Waals surface area contributed by atoms with Gasteiger partial charge in [-0.15, -0.1) is 0 Å². The Balaban J connectivity index is 0.973. The molecule has 4 atom stereocenters. The molecule has 8 heterocycles. The van der Waals surface area contributed by atoms with Crippen LogP contribution in [0, 0.1) is 0 Å². The van der Waals surface area contributed by atoms with Crippen LogP contribution in [0.5, 0.6) is 0 Å². The van der Waals surface area contributed by atoms with E-state index in [9.17, 15) is 0 Å². The van der Waals surface area contributed by atoms with Crippen molar-refractivity contribution >= 4 is 34.3 Å². The summed E-state index contributed by atoms with van der Waals surface area (Å²) >= 11 is 0. The van der Waals surface area contributed by atoms with E-state index in [0.29, 0.717) is 150 Å². The summed E-state index contributed by atoms with van der Waals surface area (Å²) in [4.78, 5) is 39.2. The number of hydrogen-bond acceptors (Lipinski definition) is 18. The van der Waals surface area contributed by atoms with Crippen LogP contribution in [0.4, 0.5) is 22.7 Å². The van der Waals surface area contributed by atoms with E-state index in [4.69, 9.17) is 36.6 Å². The Kier molecular flexibility index (Phi) is 13.1. The first-order chi connectivity index (χ1) is 33.6. The zero-order valence-corrected chi connectivity index (χ0v) is 37.7. The molecule has 4 aromatic heterocycles. The highest BCUT2D eigenvalue weighted by atomic mass is 16.5. The number of nitrogens with zero attached hydrogens (tertiary/aromatic N) is 4. The van der Waals surface area contributed by atoms with Crippen LogP contribution in [0.3, 0.4) is 0 Å². The summed E-state index contributed by atoms with van der Waals surface area (Å²) in [5.41, 5.74) is 3.76. The lowest BCUT2D eigenvalue weighted by Gasteiger charge is -2.32. The summed E-state index contributed by atoms with van der Waals surface area (Å²) in [7, 11) is 0. The maximum atomic E-state index is 15.2. The van der Waals surface area contributed by atoms with Crippen LogP contribution in [-0.4, -0.2) is 136 Å². The molecule has 4 N–H and O–H groups in total. The number of ether oxygens (including phenoxy) is 4. The maximum Gasteiger partial charge on any atom is 0.196 e. The lowest BCUT2D eigenvalue weighted by molar-refractivity contribution is 0.0172.